The maximum absolute atomic E-state index is 11.5. The van der Waals surface area contributed by atoms with Crippen LogP contribution in [-0.2, 0) is 23.7 Å². The fraction of sp³-hybridized carbons (Fsp3) is 0.571. The second-order valence-corrected chi connectivity index (χ2v) is 8.81. The Labute approximate surface area is 186 Å². The van der Waals surface area contributed by atoms with Gasteiger partial charge in [-0.3, -0.25) is 4.99 Å². The lowest BCUT2D eigenvalue weighted by molar-refractivity contribution is -0.135. The van der Waals surface area contributed by atoms with Gasteiger partial charge in [-0.2, -0.15) is 0 Å². The molecule has 0 saturated carbocycles. The quantitative estimate of drug-likeness (QED) is 0.284. The Morgan fingerprint density at radius 1 is 1.27 bits per heavy atom. The van der Waals surface area contributed by atoms with Gasteiger partial charge in [0.05, 0.1) is 43.7 Å². The first-order valence-corrected chi connectivity index (χ1v) is 11.5. The minimum atomic E-state index is -0.462. The first-order chi connectivity index (χ1) is 14.4. The highest BCUT2D eigenvalue weighted by molar-refractivity contribution is 8.14. The minimum absolute atomic E-state index is 0.0942. The van der Waals surface area contributed by atoms with Crippen LogP contribution in [0, 0.1) is 11.8 Å². The molecule has 0 N–H and O–H groups in total. The molecule has 9 heteroatoms. The van der Waals surface area contributed by atoms with Gasteiger partial charge in [0.25, 0.3) is 0 Å². The average molecular weight is 455 g/mol. The molecular formula is C21H30N2O5S2. The zero-order valence-electron chi connectivity index (χ0n) is 18.3. The van der Waals surface area contributed by atoms with E-state index in [1.807, 2.05) is 24.5 Å². The number of thioether (sulfide) groups is 1. The Morgan fingerprint density at radius 3 is 2.67 bits per heavy atom. The molecule has 2 heterocycles. The molecule has 0 radical (unpaired) electrons. The SMILES string of the molecule is COC[C@@H](C)C1=N[C@@H](c2nc(C=C[C@H](OC)[C@@H](C)C(=CC(=O)OC)OC)cs2)CS1. The zero-order chi connectivity index (χ0) is 22.1. The van der Waals surface area contributed by atoms with Crippen molar-refractivity contribution >= 4 is 40.2 Å². The standard InChI is InChI=1S/C21H30N2O5S2/c1-13(10-25-3)20-23-16(12-30-20)21-22-15(11-29-21)7-8-17(26-4)14(2)18(27-5)9-19(24)28-6/h7-9,11,13-14,16-17H,10,12H2,1-6H3/t13-,14-,16-,17+/m1/s1. The van der Waals surface area contributed by atoms with Crippen LogP contribution >= 0.6 is 23.1 Å². The minimum Gasteiger partial charge on any atom is -0.500 e. The fourth-order valence-electron chi connectivity index (χ4n) is 3.00. The van der Waals surface area contributed by atoms with Gasteiger partial charge < -0.3 is 18.9 Å². The van der Waals surface area contributed by atoms with Crippen LogP contribution in [0.4, 0.5) is 0 Å². The number of hydrogen-bond donors (Lipinski definition) is 0. The molecule has 166 valence electrons. The third-order valence-corrected chi connectivity index (χ3v) is 6.95. The molecule has 4 atom stereocenters. The van der Waals surface area contributed by atoms with Gasteiger partial charge >= 0.3 is 5.97 Å². The zero-order valence-corrected chi connectivity index (χ0v) is 19.9. The van der Waals surface area contributed by atoms with E-state index < -0.39 is 5.97 Å². The van der Waals surface area contributed by atoms with Crippen molar-refractivity contribution in [1.82, 2.24) is 4.98 Å². The monoisotopic (exact) mass is 454 g/mol. The highest BCUT2D eigenvalue weighted by Crippen LogP contribution is 2.34. The number of esters is 1. The normalized spacial score (nSPS) is 20.1. The second kappa shape index (κ2) is 12.2. The first kappa shape index (κ1) is 24.6. The molecule has 0 fully saturated rings. The summed E-state index contributed by atoms with van der Waals surface area (Å²) in [7, 11) is 6.19. The summed E-state index contributed by atoms with van der Waals surface area (Å²) in [6.07, 6.45) is 4.90. The van der Waals surface area contributed by atoms with Crippen LogP contribution in [0.1, 0.15) is 30.6 Å². The maximum atomic E-state index is 11.5. The Bertz CT molecular complexity index is 790. The average Bonchev–Trinajstić information content (AvgIpc) is 3.41. The fourth-order valence-corrected chi connectivity index (χ4v) is 5.04. The molecule has 0 aromatic carbocycles. The van der Waals surface area contributed by atoms with Crippen LogP contribution in [0.2, 0.25) is 0 Å². The van der Waals surface area contributed by atoms with Crippen molar-refractivity contribution in [2.45, 2.75) is 26.0 Å². The number of methoxy groups -OCH3 is 4. The summed E-state index contributed by atoms with van der Waals surface area (Å²) < 4.78 is 20.8. The third-order valence-electron chi connectivity index (χ3n) is 4.70. The molecule has 0 aliphatic carbocycles. The molecule has 1 aromatic heterocycles. The topological polar surface area (TPSA) is 79.2 Å². The van der Waals surface area contributed by atoms with Gasteiger partial charge in [-0.1, -0.05) is 19.9 Å². The third kappa shape index (κ3) is 6.66. The molecule has 1 aliphatic heterocycles. The number of hydrogen-bond acceptors (Lipinski definition) is 9. The van der Waals surface area contributed by atoms with Crippen molar-refractivity contribution in [3.05, 3.63) is 34.0 Å². The smallest absolute Gasteiger partial charge is 0.333 e. The van der Waals surface area contributed by atoms with Crippen molar-refractivity contribution < 1.29 is 23.7 Å². The van der Waals surface area contributed by atoms with Crippen LogP contribution in [0.3, 0.4) is 0 Å². The Morgan fingerprint density at radius 2 is 2.03 bits per heavy atom. The van der Waals surface area contributed by atoms with Crippen molar-refractivity contribution in [3.63, 3.8) is 0 Å². The molecule has 1 aliphatic rings. The number of carbonyl (C=O) groups excluding carboxylic acids is 1. The molecule has 0 bridgehead atoms. The van der Waals surface area contributed by atoms with Gasteiger partial charge in [0.2, 0.25) is 0 Å². The second-order valence-electron chi connectivity index (χ2n) is 6.88. The van der Waals surface area contributed by atoms with Crippen molar-refractivity contribution in [1.29, 1.82) is 0 Å². The van der Waals surface area contributed by atoms with E-state index in [-0.39, 0.29) is 18.1 Å². The summed E-state index contributed by atoms with van der Waals surface area (Å²) in [5.74, 6) is 1.08. The predicted molar refractivity (Wildman–Crippen MR) is 122 cm³/mol. The summed E-state index contributed by atoms with van der Waals surface area (Å²) in [5.41, 5.74) is 0.860. The van der Waals surface area contributed by atoms with Crippen LogP contribution < -0.4 is 0 Å². The van der Waals surface area contributed by atoms with Crippen LogP contribution in [0.5, 0.6) is 0 Å². The summed E-state index contributed by atoms with van der Waals surface area (Å²) in [5, 5.41) is 4.15. The number of nitrogens with zero attached hydrogens (tertiary/aromatic N) is 2. The highest BCUT2D eigenvalue weighted by Gasteiger charge is 2.26. The maximum Gasteiger partial charge on any atom is 0.333 e. The number of rotatable bonds is 11. The van der Waals surface area contributed by atoms with E-state index in [0.29, 0.717) is 18.3 Å². The van der Waals surface area contributed by atoms with E-state index in [1.54, 1.807) is 37.3 Å². The Hall–Kier alpha value is -1.68. The summed E-state index contributed by atoms with van der Waals surface area (Å²) >= 11 is 3.39. The van der Waals surface area contributed by atoms with Crippen LogP contribution in [0.15, 0.2) is 28.3 Å². The van der Waals surface area contributed by atoms with Gasteiger partial charge in [0.1, 0.15) is 16.8 Å². The van der Waals surface area contributed by atoms with E-state index in [2.05, 4.69) is 11.7 Å². The number of carbonyl (C=O) groups is 1. The van der Waals surface area contributed by atoms with E-state index in [4.69, 9.17) is 24.2 Å². The molecule has 7 nitrogen and oxygen atoms in total. The largest absolute Gasteiger partial charge is 0.500 e. The molecule has 0 saturated heterocycles. The van der Waals surface area contributed by atoms with Gasteiger partial charge in [0.15, 0.2) is 0 Å². The number of aliphatic imine (C=N–C) groups is 1. The highest BCUT2D eigenvalue weighted by atomic mass is 32.2. The molecule has 30 heavy (non-hydrogen) atoms. The van der Waals surface area contributed by atoms with Gasteiger partial charge in [-0.05, 0) is 6.08 Å². The van der Waals surface area contributed by atoms with E-state index in [9.17, 15) is 4.79 Å². The van der Waals surface area contributed by atoms with Crippen LogP contribution in [-0.4, -0.2) is 62.9 Å². The molecule has 0 spiro atoms. The van der Waals surface area contributed by atoms with Crippen molar-refractivity contribution in [2.75, 3.05) is 40.8 Å². The number of thiazole rings is 1. The number of aromatic nitrogens is 1. The lowest BCUT2D eigenvalue weighted by Gasteiger charge is -2.21. The molecule has 0 unspecified atom stereocenters. The molecular weight excluding hydrogens is 424 g/mol. The Kier molecular flexibility index (Phi) is 10.0. The Balaban J connectivity index is 2.07. The summed E-state index contributed by atoms with van der Waals surface area (Å²) in [6.45, 7) is 4.73. The van der Waals surface area contributed by atoms with E-state index in [1.165, 1.54) is 20.3 Å². The number of ether oxygens (including phenoxy) is 4. The van der Waals surface area contributed by atoms with E-state index >= 15 is 0 Å². The van der Waals surface area contributed by atoms with Gasteiger partial charge in [0, 0.05) is 37.2 Å². The summed E-state index contributed by atoms with van der Waals surface area (Å²) in [4.78, 5) is 21.1. The van der Waals surface area contributed by atoms with Crippen LogP contribution in [0.25, 0.3) is 6.08 Å². The molecule has 2 rings (SSSR count). The lowest BCUT2D eigenvalue weighted by atomic mass is 10.0. The van der Waals surface area contributed by atoms with Gasteiger partial charge in [-0.25, -0.2) is 9.78 Å². The van der Waals surface area contributed by atoms with Gasteiger partial charge in [-0.15, -0.1) is 23.1 Å². The predicted octanol–water partition coefficient (Wildman–Crippen LogP) is 3.98. The molecule has 0 amide bonds. The molecule has 1 aromatic rings. The van der Waals surface area contributed by atoms with E-state index in [0.717, 1.165) is 21.5 Å². The first-order valence-electron chi connectivity index (χ1n) is 9.62. The van der Waals surface area contributed by atoms with Crippen molar-refractivity contribution in [3.8, 4) is 0 Å². The summed E-state index contributed by atoms with van der Waals surface area (Å²) in [6, 6.07) is 0.0942. The van der Waals surface area contributed by atoms with Crippen molar-refractivity contribution in [2.24, 2.45) is 16.8 Å². The lowest BCUT2D eigenvalue weighted by Crippen LogP contribution is -2.21.